The molecule has 0 heterocycles. The zero-order valence-corrected chi connectivity index (χ0v) is 14.4. The molecule has 0 atom stereocenters. The van der Waals surface area contributed by atoms with Gasteiger partial charge in [0.15, 0.2) is 0 Å². The van der Waals surface area contributed by atoms with Gasteiger partial charge < -0.3 is 5.11 Å². The van der Waals surface area contributed by atoms with Gasteiger partial charge in [0.1, 0.15) is 6.29 Å². The molecule has 162 valence electrons. The Morgan fingerprint density at radius 3 is 1.60 bits per heavy atom. The number of non-ortho nitro benzene ring substituents is 2. The van der Waals surface area contributed by atoms with Crippen LogP contribution in [0.25, 0.3) is 0 Å². The predicted molar refractivity (Wildman–Crippen MR) is 87.5 cm³/mol. The van der Waals surface area contributed by atoms with E-state index in [1.807, 2.05) is 0 Å². The highest BCUT2D eigenvalue weighted by molar-refractivity contribution is 5.76. The first kappa shape index (κ1) is 24.5. The summed E-state index contributed by atoms with van der Waals surface area (Å²) in [5.41, 5.74) is -4.31. The molecular weight excluding hydrogens is 430 g/mol. The fourth-order valence-corrected chi connectivity index (χ4v) is 2.01. The van der Waals surface area contributed by atoms with Crippen molar-refractivity contribution < 1.29 is 46.1 Å². The third-order valence-corrected chi connectivity index (χ3v) is 3.31. The van der Waals surface area contributed by atoms with Crippen molar-refractivity contribution in [1.82, 2.24) is 0 Å². The Hall–Kier alpha value is -3.55. The van der Waals surface area contributed by atoms with E-state index in [0.717, 1.165) is 12.1 Å². The fourth-order valence-electron chi connectivity index (χ4n) is 2.01. The lowest BCUT2D eigenvalue weighted by molar-refractivity contribution is -0.385. The lowest BCUT2D eigenvalue weighted by Crippen LogP contribution is -2.06. The Balaban J connectivity index is 0.000000300. The number of aldehydes is 1. The maximum atomic E-state index is 12.2. The number of aliphatic hydroxyl groups excluding tert-OH is 1. The van der Waals surface area contributed by atoms with Crippen LogP contribution in [0.2, 0.25) is 0 Å². The van der Waals surface area contributed by atoms with E-state index in [0.29, 0.717) is 24.3 Å². The van der Waals surface area contributed by atoms with Crippen LogP contribution in [-0.4, -0.2) is 21.2 Å². The van der Waals surface area contributed by atoms with Gasteiger partial charge >= 0.3 is 12.4 Å². The second-order valence-corrected chi connectivity index (χ2v) is 5.49. The van der Waals surface area contributed by atoms with E-state index in [1.54, 1.807) is 0 Å². The molecule has 0 radical (unpaired) electrons. The number of hydrogen-bond acceptors (Lipinski definition) is 6. The van der Waals surface area contributed by atoms with Gasteiger partial charge in [-0.1, -0.05) is 0 Å². The summed E-state index contributed by atoms with van der Waals surface area (Å²) in [5.74, 6) is 0. The maximum Gasteiger partial charge on any atom is 0.416 e. The Kier molecular flexibility index (Phi) is 7.59. The molecule has 30 heavy (non-hydrogen) atoms. The largest absolute Gasteiger partial charge is 0.416 e. The molecule has 8 nitrogen and oxygen atoms in total. The molecular formula is C16H10F6N2O6. The summed E-state index contributed by atoms with van der Waals surface area (Å²) in [4.78, 5) is 28.9. The van der Waals surface area contributed by atoms with Crippen LogP contribution in [0, 0.1) is 20.2 Å². The van der Waals surface area contributed by atoms with Crippen molar-refractivity contribution in [2.24, 2.45) is 0 Å². The Morgan fingerprint density at radius 1 is 0.800 bits per heavy atom. The van der Waals surface area contributed by atoms with Gasteiger partial charge in [-0.3, -0.25) is 25.0 Å². The van der Waals surface area contributed by atoms with Crippen LogP contribution in [0.3, 0.4) is 0 Å². The van der Waals surface area contributed by atoms with Crippen LogP contribution in [0.15, 0.2) is 36.4 Å². The van der Waals surface area contributed by atoms with Gasteiger partial charge in [-0.2, -0.15) is 26.3 Å². The molecule has 1 N–H and O–H groups in total. The summed E-state index contributed by atoms with van der Waals surface area (Å²) in [5, 5.41) is 29.2. The second-order valence-electron chi connectivity index (χ2n) is 5.49. The zero-order chi connectivity index (χ0) is 23.3. The van der Waals surface area contributed by atoms with E-state index < -0.39 is 51.3 Å². The molecule has 0 unspecified atom stereocenters. The number of aliphatic hydroxyl groups is 1. The van der Waals surface area contributed by atoms with Crippen molar-refractivity contribution in [2.45, 2.75) is 19.0 Å². The third-order valence-electron chi connectivity index (χ3n) is 3.31. The van der Waals surface area contributed by atoms with Crippen LogP contribution in [-0.2, 0) is 19.0 Å². The number of rotatable bonds is 4. The molecule has 0 aliphatic rings. The van der Waals surface area contributed by atoms with Gasteiger partial charge in [0.05, 0.1) is 27.6 Å². The van der Waals surface area contributed by atoms with Gasteiger partial charge in [-0.05, 0) is 17.7 Å². The van der Waals surface area contributed by atoms with Crippen LogP contribution < -0.4 is 0 Å². The van der Waals surface area contributed by atoms with Gasteiger partial charge in [-0.25, -0.2) is 0 Å². The average molecular weight is 440 g/mol. The van der Waals surface area contributed by atoms with Crippen molar-refractivity contribution in [1.29, 1.82) is 0 Å². The quantitative estimate of drug-likeness (QED) is 0.322. The number of halogens is 6. The standard InChI is InChI=1S/C8H6F3NO3.C8H4F3NO3/c2*9-8(10,11)6-1-5(4-13)2-7(3-6)12(14)15/h1-3,13H,4H2;1-4H. The van der Waals surface area contributed by atoms with E-state index in [9.17, 15) is 51.4 Å². The van der Waals surface area contributed by atoms with Crippen molar-refractivity contribution >= 4 is 17.7 Å². The zero-order valence-electron chi connectivity index (χ0n) is 14.4. The smallest absolute Gasteiger partial charge is 0.392 e. The summed E-state index contributed by atoms with van der Waals surface area (Å²) in [7, 11) is 0. The van der Waals surface area contributed by atoms with Gasteiger partial charge in [-0.15, -0.1) is 0 Å². The molecule has 0 aromatic heterocycles. The van der Waals surface area contributed by atoms with Crippen molar-refractivity contribution in [3.8, 4) is 0 Å². The Labute approximate surface area is 162 Å². The number of nitrogens with zero attached hydrogens (tertiary/aromatic N) is 2. The highest BCUT2D eigenvalue weighted by Gasteiger charge is 2.33. The fraction of sp³-hybridized carbons (Fsp3) is 0.188. The summed E-state index contributed by atoms with van der Waals surface area (Å²) >= 11 is 0. The number of carbonyl (C=O) groups excluding carboxylic acids is 1. The highest BCUT2D eigenvalue weighted by atomic mass is 19.4. The van der Waals surface area contributed by atoms with Crippen molar-refractivity contribution in [3.05, 3.63) is 78.9 Å². The lowest BCUT2D eigenvalue weighted by Gasteiger charge is -2.07. The van der Waals surface area contributed by atoms with Crippen molar-refractivity contribution in [3.63, 3.8) is 0 Å². The molecule has 0 aliphatic carbocycles. The number of hydrogen-bond donors (Lipinski definition) is 1. The summed E-state index contributed by atoms with van der Waals surface area (Å²) < 4.78 is 73.4. The van der Waals surface area contributed by atoms with Crippen LogP contribution in [0.5, 0.6) is 0 Å². The lowest BCUT2D eigenvalue weighted by atomic mass is 10.1. The van der Waals surface area contributed by atoms with Crippen LogP contribution >= 0.6 is 0 Å². The minimum atomic E-state index is -4.70. The number of nitro benzene ring substituents is 2. The molecule has 14 heteroatoms. The van der Waals surface area contributed by atoms with Crippen molar-refractivity contribution in [2.75, 3.05) is 0 Å². The second kappa shape index (κ2) is 9.30. The number of alkyl halides is 6. The first-order chi connectivity index (χ1) is 13.7. The molecule has 2 rings (SSSR count). The topological polar surface area (TPSA) is 124 Å². The Morgan fingerprint density at radius 2 is 1.23 bits per heavy atom. The van der Waals surface area contributed by atoms with Gasteiger partial charge in [0, 0.05) is 29.8 Å². The molecule has 0 bridgehead atoms. The number of benzene rings is 2. The van der Waals surface area contributed by atoms with Crippen LogP contribution in [0.4, 0.5) is 37.7 Å². The van der Waals surface area contributed by atoms with Gasteiger partial charge in [0.25, 0.3) is 11.4 Å². The molecule has 0 saturated carbocycles. The molecule has 0 saturated heterocycles. The highest BCUT2D eigenvalue weighted by Crippen LogP contribution is 2.33. The van der Waals surface area contributed by atoms with Crippen LogP contribution in [0.1, 0.15) is 27.0 Å². The third kappa shape index (κ3) is 6.80. The van der Waals surface area contributed by atoms with Gasteiger partial charge in [0.2, 0.25) is 0 Å². The minimum Gasteiger partial charge on any atom is -0.392 e. The maximum absolute atomic E-state index is 12.2. The van der Waals surface area contributed by atoms with E-state index in [4.69, 9.17) is 5.11 Å². The first-order valence-corrected chi connectivity index (χ1v) is 7.47. The van der Waals surface area contributed by atoms with E-state index in [2.05, 4.69) is 0 Å². The SMILES string of the molecule is O=Cc1cc([N+](=O)[O-])cc(C(F)(F)F)c1.O=[N+]([O-])c1cc(CO)cc(C(F)(F)F)c1. The molecule has 0 spiro atoms. The molecule has 2 aromatic rings. The summed E-state index contributed by atoms with van der Waals surface area (Å²) in [6.45, 7) is -0.676. The van der Waals surface area contributed by atoms with E-state index in [-0.39, 0.29) is 17.4 Å². The molecule has 0 amide bonds. The number of carbonyl (C=O) groups is 1. The minimum absolute atomic E-state index is 0.127. The molecule has 2 aromatic carbocycles. The monoisotopic (exact) mass is 440 g/mol. The molecule has 0 aliphatic heterocycles. The average Bonchev–Trinajstić information content (AvgIpc) is 2.66. The predicted octanol–water partition coefficient (Wildman–Crippen LogP) is 4.53. The normalized spacial score (nSPS) is 11.3. The summed E-state index contributed by atoms with van der Waals surface area (Å²) in [6.07, 6.45) is -9.23. The number of nitro groups is 2. The summed E-state index contributed by atoms with van der Waals surface area (Å²) in [6, 6.07) is 3.72. The van der Waals surface area contributed by atoms with E-state index in [1.165, 1.54) is 0 Å². The first-order valence-electron chi connectivity index (χ1n) is 7.47. The Bertz CT molecular complexity index is 958. The van der Waals surface area contributed by atoms with E-state index >= 15 is 0 Å². The molecule has 0 fully saturated rings.